The van der Waals surface area contributed by atoms with E-state index in [4.69, 9.17) is 4.74 Å². The number of benzene rings is 2. The van der Waals surface area contributed by atoms with Crippen LogP contribution in [0.4, 0.5) is 8.78 Å². The Morgan fingerprint density at radius 3 is 2.42 bits per heavy atom. The molecule has 0 aromatic heterocycles. The highest BCUT2D eigenvalue weighted by atomic mass is 35.5. The van der Waals surface area contributed by atoms with Crippen LogP contribution in [0.15, 0.2) is 48.5 Å². The number of amides is 1. The molecule has 0 fully saturated rings. The van der Waals surface area contributed by atoms with Gasteiger partial charge in [-0.3, -0.25) is 4.79 Å². The Labute approximate surface area is 158 Å². The fourth-order valence-electron chi connectivity index (χ4n) is 2.26. The molecule has 0 bridgehead atoms. The monoisotopic (exact) mass is 384 g/mol. The van der Waals surface area contributed by atoms with Gasteiger partial charge in [0.1, 0.15) is 5.75 Å². The van der Waals surface area contributed by atoms with Crippen molar-refractivity contribution in [3.8, 4) is 5.75 Å². The Balaban J connectivity index is 0.00000338. The largest absolute Gasteiger partial charge is 0.476 e. The van der Waals surface area contributed by atoms with Crippen LogP contribution in [0.2, 0.25) is 0 Å². The molecule has 0 saturated heterocycles. The van der Waals surface area contributed by atoms with E-state index in [1.165, 1.54) is 6.07 Å². The Bertz CT molecular complexity index is 686. The van der Waals surface area contributed by atoms with Crippen LogP contribution in [-0.2, 0) is 4.79 Å². The van der Waals surface area contributed by atoms with E-state index in [0.717, 1.165) is 25.1 Å². The van der Waals surface area contributed by atoms with Crippen molar-refractivity contribution in [1.82, 2.24) is 10.6 Å². The van der Waals surface area contributed by atoms with E-state index < -0.39 is 17.7 Å². The fraction of sp³-hybridized carbons (Fsp3) is 0.316. The van der Waals surface area contributed by atoms with Gasteiger partial charge in [0.2, 0.25) is 6.10 Å². The number of ether oxygens (including phenoxy) is 1. The molecule has 0 aliphatic heterocycles. The van der Waals surface area contributed by atoms with Gasteiger partial charge in [0.05, 0.1) is 0 Å². The lowest BCUT2D eigenvalue weighted by molar-refractivity contribution is -0.128. The molecule has 1 unspecified atom stereocenters. The van der Waals surface area contributed by atoms with Gasteiger partial charge in [0, 0.05) is 24.7 Å². The van der Waals surface area contributed by atoms with Crippen molar-refractivity contribution in [3.63, 3.8) is 0 Å². The highest BCUT2D eigenvalue weighted by Crippen LogP contribution is 2.24. The summed E-state index contributed by atoms with van der Waals surface area (Å²) in [4.78, 5) is 12.5. The first kappa shape index (κ1) is 21.9. The lowest BCUT2D eigenvalue weighted by Crippen LogP contribution is -2.37. The van der Waals surface area contributed by atoms with E-state index >= 15 is 0 Å². The minimum atomic E-state index is -1.02. The Kier molecular flexibility index (Phi) is 9.62. The molecule has 2 aromatic rings. The molecule has 0 heterocycles. The molecule has 0 aliphatic rings. The van der Waals surface area contributed by atoms with E-state index in [1.807, 2.05) is 6.07 Å². The minimum absolute atomic E-state index is 0. The number of carbonyl (C=O) groups is 1. The van der Waals surface area contributed by atoms with Crippen molar-refractivity contribution in [2.45, 2.75) is 19.4 Å². The van der Waals surface area contributed by atoms with Crippen LogP contribution in [-0.4, -0.2) is 25.5 Å². The molecule has 0 radical (unpaired) electrons. The van der Waals surface area contributed by atoms with E-state index in [2.05, 4.69) is 17.6 Å². The summed E-state index contributed by atoms with van der Waals surface area (Å²) >= 11 is 0. The summed E-state index contributed by atoms with van der Waals surface area (Å²) in [5.41, 5.74) is 0.631. The number of rotatable bonds is 9. The Morgan fingerprint density at radius 1 is 1.04 bits per heavy atom. The zero-order chi connectivity index (χ0) is 18.1. The minimum Gasteiger partial charge on any atom is -0.476 e. The second-order valence-electron chi connectivity index (χ2n) is 5.53. The van der Waals surface area contributed by atoms with Crippen molar-refractivity contribution in [3.05, 3.63) is 65.7 Å². The summed E-state index contributed by atoms with van der Waals surface area (Å²) in [5, 5.41) is 5.98. The Hall–Kier alpha value is -2.18. The highest BCUT2D eigenvalue weighted by Gasteiger charge is 2.22. The van der Waals surface area contributed by atoms with Gasteiger partial charge >= 0.3 is 0 Å². The van der Waals surface area contributed by atoms with Gasteiger partial charge in [-0.05, 0) is 25.1 Å². The van der Waals surface area contributed by atoms with Crippen LogP contribution in [0.1, 0.15) is 25.0 Å². The van der Waals surface area contributed by atoms with E-state index in [-0.39, 0.29) is 24.1 Å². The van der Waals surface area contributed by atoms with Crippen molar-refractivity contribution in [2.24, 2.45) is 0 Å². The summed E-state index contributed by atoms with van der Waals surface area (Å²) in [7, 11) is 0. The molecule has 2 N–H and O–H groups in total. The summed E-state index contributed by atoms with van der Waals surface area (Å²) in [6.07, 6.45) is 0.0667. The predicted octanol–water partition coefficient (Wildman–Crippen LogP) is 3.62. The predicted molar refractivity (Wildman–Crippen MR) is 99.6 cm³/mol. The molecule has 1 atom stereocenters. The molecule has 2 aromatic carbocycles. The third kappa shape index (κ3) is 6.61. The first-order valence-corrected chi connectivity index (χ1v) is 8.27. The zero-order valence-corrected chi connectivity index (χ0v) is 15.3. The van der Waals surface area contributed by atoms with Gasteiger partial charge in [-0.15, -0.1) is 12.4 Å². The van der Waals surface area contributed by atoms with Crippen LogP contribution in [0.25, 0.3) is 0 Å². The standard InChI is InChI=1S/C19H22F2N2O2.ClH/c1-2-10-22-11-12-23-19(24)18(14-6-4-3-5-7-14)25-15-8-9-16(20)17(21)13-15;/h3-9,13,18,22H,2,10-12H2,1H3,(H,23,24);1H. The van der Waals surface area contributed by atoms with Crippen LogP contribution in [0, 0.1) is 11.6 Å². The van der Waals surface area contributed by atoms with Crippen molar-refractivity contribution >= 4 is 18.3 Å². The van der Waals surface area contributed by atoms with Gasteiger partial charge in [0.25, 0.3) is 5.91 Å². The van der Waals surface area contributed by atoms with E-state index in [9.17, 15) is 13.6 Å². The van der Waals surface area contributed by atoms with Gasteiger partial charge in [0.15, 0.2) is 11.6 Å². The molecule has 7 heteroatoms. The lowest BCUT2D eigenvalue weighted by atomic mass is 10.1. The molecule has 0 aliphatic carbocycles. The van der Waals surface area contributed by atoms with E-state index in [0.29, 0.717) is 18.7 Å². The number of nitrogens with one attached hydrogen (secondary N) is 2. The first-order chi connectivity index (χ1) is 12.1. The summed E-state index contributed by atoms with van der Waals surface area (Å²) in [5.74, 6) is -2.23. The lowest BCUT2D eigenvalue weighted by Gasteiger charge is -2.19. The maximum absolute atomic E-state index is 13.4. The van der Waals surface area contributed by atoms with Crippen LogP contribution < -0.4 is 15.4 Å². The smallest absolute Gasteiger partial charge is 0.265 e. The molecular formula is C19H23ClF2N2O2. The molecule has 0 spiro atoms. The summed E-state index contributed by atoms with van der Waals surface area (Å²) in [6, 6.07) is 12.1. The number of hydrogen-bond acceptors (Lipinski definition) is 3. The first-order valence-electron chi connectivity index (χ1n) is 8.27. The normalized spacial score (nSPS) is 11.3. The van der Waals surface area contributed by atoms with Gasteiger partial charge in [-0.1, -0.05) is 37.3 Å². The third-order valence-corrected chi connectivity index (χ3v) is 3.51. The molecule has 26 heavy (non-hydrogen) atoms. The van der Waals surface area contributed by atoms with Gasteiger partial charge in [-0.2, -0.15) is 0 Å². The summed E-state index contributed by atoms with van der Waals surface area (Å²) < 4.78 is 32.1. The molecule has 4 nitrogen and oxygen atoms in total. The molecular weight excluding hydrogens is 362 g/mol. The second kappa shape index (κ2) is 11.4. The molecule has 2 rings (SSSR count). The maximum Gasteiger partial charge on any atom is 0.265 e. The van der Waals surface area contributed by atoms with E-state index in [1.54, 1.807) is 24.3 Å². The molecule has 142 valence electrons. The van der Waals surface area contributed by atoms with Crippen LogP contribution in [0.3, 0.4) is 0 Å². The number of halogens is 3. The average molecular weight is 385 g/mol. The molecule has 0 saturated carbocycles. The van der Waals surface area contributed by atoms with Crippen LogP contribution >= 0.6 is 12.4 Å². The summed E-state index contributed by atoms with van der Waals surface area (Å²) in [6.45, 7) is 4.03. The van der Waals surface area contributed by atoms with Crippen molar-refractivity contribution < 1.29 is 18.3 Å². The maximum atomic E-state index is 13.4. The van der Waals surface area contributed by atoms with Gasteiger partial charge in [-0.25, -0.2) is 8.78 Å². The van der Waals surface area contributed by atoms with Crippen molar-refractivity contribution in [2.75, 3.05) is 19.6 Å². The third-order valence-electron chi connectivity index (χ3n) is 3.51. The highest BCUT2D eigenvalue weighted by molar-refractivity contribution is 5.85. The van der Waals surface area contributed by atoms with Crippen molar-refractivity contribution in [1.29, 1.82) is 0 Å². The quantitative estimate of drug-likeness (QED) is 0.649. The SMILES string of the molecule is CCCNCCNC(=O)C(Oc1ccc(F)c(F)c1)c1ccccc1.Cl. The number of carbonyl (C=O) groups excluding carboxylic acids is 1. The van der Waals surface area contributed by atoms with Crippen LogP contribution in [0.5, 0.6) is 5.75 Å². The Morgan fingerprint density at radius 2 is 1.77 bits per heavy atom. The molecule has 1 amide bonds. The number of hydrogen-bond donors (Lipinski definition) is 2. The topological polar surface area (TPSA) is 50.4 Å². The average Bonchev–Trinajstić information content (AvgIpc) is 2.63. The van der Waals surface area contributed by atoms with Gasteiger partial charge < -0.3 is 15.4 Å². The fourth-order valence-corrected chi connectivity index (χ4v) is 2.26. The zero-order valence-electron chi connectivity index (χ0n) is 14.5. The second-order valence-corrected chi connectivity index (χ2v) is 5.53.